The first-order valence-corrected chi connectivity index (χ1v) is 6.67. The summed E-state index contributed by atoms with van der Waals surface area (Å²) in [5.74, 6) is 0.0516. The average molecular weight is 268 g/mol. The Bertz CT molecular complexity index is 604. The van der Waals surface area contributed by atoms with Gasteiger partial charge in [0.15, 0.2) is 0 Å². The lowest BCUT2D eigenvalue weighted by atomic mass is 9.97. The Labute approximate surface area is 117 Å². The molecule has 0 spiro atoms. The van der Waals surface area contributed by atoms with Gasteiger partial charge in [0.05, 0.1) is 0 Å². The van der Waals surface area contributed by atoms with Crippen LogP contribution in [0.5, 0.6) is 5.75 Å². The standard InChI is InChI=1S/C16H16N2O2/c19-14-5-3-12(4-6-14)15(20)18-11-16(7-8-16)13-2-1-9-17-10-13/h1-6,9-10,19H,7-8,11H2,(H,18,20). The number of nitrogens with zero attached hydrogens (tertiary/aromatic N) is 1. The Morgan fingerprint density at radius 3 is 2.60 bits per heavy atom. The predicted octanol–water partition coefficient (Wildman–Crippen LogP) is 2.25. The molecule has 0 unspecified atom stereocenters. The molecular formula is C16H16N2O2. The molecule has 0 aliphatic heterocycles. The summed E-state index contributed by atoms with van der Waals surface area (Å²) >= 11 is 0. The van der Waals surface area contributed by atoms with Crippen molar-refractivity contribution in [2.24, 2.45) is 0 Å². The number of nitrogens with one attached hydrogen (secondary N) is 1. The average Bonchev–Trinajstić information content (AvgIpc) is 3.28. The lowest BCUT2D eigenvalue weighted by Gasteiger charge is -2.16. The van der Waals surface area contributed by atoms with Crippen LogP contribution in [0.3, 0.4) is 0 Å². The number of phenolic OH excluding ortho intramolecular Hbond substituents is 1. The number of amides is 1. The molecule has 2 N–H and O–H groups in total. The molecule has 1 amide bonds. The molecule has 0 atom stereocenters. The van der Waals surface area contributed by atoms with Gasteiger partial charge in [-0.2, -0.15) is 0 Å². The molecule has 1 aromatic carbocycles. The van der Waals surface area contributed by atoms with Gasteiger partial charge in [-0.3, -0.25) is 9.78 Å². The maximum Gasteiger partial charge on any atom is 0.251 e. The fraction of sp³-hybridized carbons (Fsp3) is 0.250. The minimum atomic E-state index is -0.111. The van der Waals surface area contributed by atoms with Crippen LogP contribution < -0.4 is 5.32 Å². The zero-order valence-electron chi connectivity index (χ0n) is 11.0. The highest BCUT2D eigenvalue weighted by Crippen LogP contribution is 2.47. The zero-order chi connectivity index (χ0) is 14.0. The van der Waals surface area contributed by atoms with Crippen molar-refractivity contribution in [3.05, 3.63) is 59.9 Å². The summed E-state index contributed by atoms with van der Waals surface area (Å²) in [7, 11) is 0. The number of aromatic nitrogens is 1. The van der Waals surface area contributed by atoms with Crippen molar-refractivity contribution in [1.29, 1.82) is 0 Å². The highest BCUT2D eigenvalue weighted by molar-refractivity contribution is 5.94. The number of carbonyl (C=O) groups is 1. The lowest BCUT2D eigenvalue weighted by Crippen LogP contribution is -2.32. The van der Waals surface area contributed by atoms with E-state index >= 15 is 0 Å². The summed E-state index contributed by atoms with van der Waals surface area (Å²) in [6.45, 7) is 0.623. The van der Waals surface area contributed by atoms with Crippen LogP contribution in [0.2, 0.25) is 0 Å². The number of phenols is 1. The second kappa shape index (κ2) is 4.96. The fourth-order valence-corrected chi connectivity index (χ4v) is 2.36. The Morgan fingerprint density at radius 2 is 2.00 bits per heavy atom. The molecule has 4 nitrogen and oxygen atoms in total. The third kappa shape index (κ3) is 2.50. The summed E-state index contributed by atoms with van der Waals surface area (Å²) in [6, 6.07) is 10.3. The minimum Gasteiger partial charge on any atom is -0.508 e. The van der Waals surface area contributed by atoms with Gasteiger partial charge in [-0.25, -0.2) is 0 Å². The Kier molecular flexibility index (Phi) is 3.14. The van der Waals surface area contributed by atoms with E-state index < -0.39 is 0 Å². The van der Waals surface area contributed by atoms with Crippen LogP contribution in [-0.2, 0) is 5.41 Å². The molecule has 1 saturated carbocycles. The Hall–Kier alpha value is -2.36. The summed E-state index contributed by atoms with van der Waals surface area (Å²) < 4.78 is 0. The van der Waals surface area contributed by atoms with Gasteiger partial charge in [-0.05, 0) is 48.7 Å². The maximum absolute atomic E-state index is 12.1. The van der Waals surface area contributed by atoms with E-state index in [9.17, 15) is 9.90 Å². The molecule has 3 rings (SSSR count). The largest absolute Gasteiger partial charge is 0.508 e. The van der Waals surface area contributed by atoms with Crippen molar-refractivity contribution >= 4 is 5.91 Å². The smallest absolute Gasteiger partial charge is 0.251 e. The fourth-order valence-electron chi connectivity index (χ4n) is 2.36. The Balaban J connectivity index is 1.65. The second-order valence-corrected chi connectivity index (χ2v) is 5.25. The molecular weight excluding hydrogens is 252 g/mol. The van der Waals surface area contributed by atoms with Gasteiger partial charge >= 0.3 is 0 Å². The normalized spacial score (nSPS) is 15.6. The van der Waals surface area contributed by atoms with Crippen molar-refractivity contribution in [3.63, 3.8) is 0 Å². The third-order valence-corrected chi connectivity index (χ3v) is 3.84. The van der Waals surface area contributed by atoms with E-state index in [1.807, 2.05) is 12.3 Å². The van der Waals surface area contributed by atoms with Gasteiger partial charge in [0.1, 0.15) is 5.75 Å². The molecule has 1 aliphatic rings. The SMILES string of the molecule is O=C(NCC1(c2cccnc2)CC1)c1ccc(O)cc1. The molecule has 0 saturated heterocycles. The van der Waals surface area contributed by atoms with Gasteiger partial charge in [0.2, 0.25) is 0 Å². The number of aromatic hydroxyl groups is 1. The van der Waals surface area contributed by atoms with E-state index in [0.717, 1.165) is 12.8 Å². The molecule has 20 heavy (non-hydrogen) atoms. The molecule has 0 bridgehead atoms. The maximum atomic E-state index is 12.1. The van der Waals surface area contributed by atoms with Crippen LogP contribution in [0.25, 0.3) is 0 Å². The van der Waals surface area contributed by atoms with Crippen LogP contribution in [0, 0.1) is 0 Å². The topological polar surface area (TPSA) is 62.2 Å². The van der Waals surface area contributed by atoms with Gasteiger partial charge < -0.3 is 10.4 Å². The first kappa shape index (κ1) is 12.7. The highest BCUT2D eigenvalue weighted by atomic mass is 16.3. The third-order valence-electron chi connectivity index (χ3n) is 3.84. The number of rotatable bonds is 4. The molecule has 0 radical (unpaired) electrons. The van der Waals surface area contributed by atoms with Crippen LogP contribution in [0.4, 0.5) is 0 Å². The molecule has 102 valence electrons. The summed E-state index contributed by atoms with van der Waals surface area (Å²) in [5.41, 5.74) is 1.80. The number of carbonyl (C=O) groups excluding carboxylic acids is 1. The van der Waals surface area contributed by atoms with E-state index in [-0.39, 0.29) is 17.1 Å². The van der Waals surface area contributed by atoms with Crippen LogP contribution in [-0.4, -0.2) is 22.5 Å². The van der Waals surface area contributed by atoms with Gasteiger partial charge in [-0.15, -0.1) is 0 Å². The van der Waals surface area contributed by atoms with E-state index in [1.54, 1.807) is 18.3 Å². The van der Waals surface area contributed by atoms with Crippen molar-refractivity contribution in [2.75, 3.05) is 6.54 Å². The summed E-state index contributed by atoms with van der Waals surface area (Å²) in [5, 5.41) is 12.2. The van der Waals surface area contributed by atoms with Crippen molar-refractivity contribution in [3.8, 4) is 5.75 Å². The molecule has 1 aliphatic carbocycles. The monoisotopic (exact) mass is 268 g/mol. The summed E-state index contributed by atoms with van der Waals surface area (Å²) in [4.78, 5) is 16.2. The molecule has 1 aromatic heterocycles. The second-order valence-electron chi connectivity index (χ2n) is 5.25. The van der Waals surface area contributed by atoms with Gasteiger partial charge in [-0.1, -0.05) is 6.07 Å². The number of benzene rings is 1. The zero-order valence-corrected chi connectivity index (χ0v) is 11.0. The van der Waals surface area contributed by atoms with Gasteiger partial charge in [0, 0.05) is 29.9 Å². The van der Waals surface area contributed by atoms with Crippen molar-refractivity contribution in [2.45, 2.75) is 18.3 Å². The Morgan fingerprint density at radius 1 is 1.25 bits per heavy atom. The van der Waals surface area contributed by atoms with Crippen molar-refractivity contribution < 1.29 is 9.90 Å². The first-order chi connectivity index (χ1) is 9.70. The quantitative estimate of drug-likeness (QED) is 0.894. The molecule has 2 aromatic rings. The lowest BCUT2D eigenvalue weighted by molar-refractivity contribution is 0.0949. The van der Waals surface area contributed by atoms with E-state index in [4.69, 9.17) is 0 Å². The van der Waals surface area contributed by atoms with Crippen LogP contribution in [0.15, 0.2) is 48.8 Å². The predicted molar refractivity (Wildman–Crippen MR) is 75.6 cm³/mol. The first-order valence-electron chi connectivity index (χ1n) is 6.67. The molecule has 4 heteroatoms. The van der Waals surface area contributed by atoms with E-state index in [0.29, 0.717) is 12.1 Å². The molecule has 1 fully saturated rings. The highest BCUT2D eigenvalue weighted by Gasteiger charge is 2.44. The van der Waals surface area contributed by atoms with Gasteiger partial charge in [0.25, 0.3) is 5.91 Å². The number of hydrogen-bond acceptors (Lipinski definition) is 3. The van der Waals surface area contributed by atoms with Crippen molar-refractivity contribution in [1.82, 2.24) is 10.3 Å². The molecule has 1 heterocycles. The van der Waals surface area contributed by atoms with Crippen LogP contribution in [0.1, 0.15) is 28.8 Å². The minimum absolute atomic E-state index is 0.0564. The number of pyridine rings is 1. The van der Waals surface area contributed by atoms with E-state index in [1.165, 1.54) is 17.7 Å². The number of hydrogen-bond donors (Lipinski definition) is 2. The van der Waals surface area contributed by atoms with Crippen LogP contribution >= 0.6 is 0 Å². The summed E-state index contributed by atoms with van der Waals surface area (Å²) in [6.07, 6.45) is 5.79. The van der Waals surface area contributed by atoms with E-state index in [2.05, 4.69) is 16.4 Å².